The van der Waals surface area contributed by atoms with Crippen molar-refractivity contribution in [1.29, 1.82) is 0 Å². The molecule has 0 bridgehead atoms. The molecule has 0 fully saturated rings. The van der Waals surface area contributed by atoms with E-state index in [-0.39, 0.29) is 5.69 Å². The number of nitrogens with zero attached hydrogens (tertiary/aromatic N) is 1. The zero-order valence-electron chi connectivity index (χ0n) is 6.07. The lowest BCUT2D eigenvalue weighted by molar-refractivity contribution is -0.385. The first kappa shape index (κ1) is 6.76. The number of benzene rings is 1. The van der Waals surface area contributed by atoms with Gasteiger partial charge in [-0.25, -0.2) is 0 Å². The highest BCUT2D eigenvalue weighted by molar-refractivity contribution is 5.78. The van der Waals surface area contributed by atoms with E-state index in [1.807, 2.05) is 0 Å². The Balaban J connectivity index is 2.63. The lowest BCUT2D eigenvalue weighted by atomic mass is 10.1. The van der Waals surface area contributed by atoms with Gasteiger partial charge in [-0.2, -0.15) is 5.32 Å². The molecule has 1 heterocycles. The summed E-state index contributed by atoms with van der Waals surface area (Å²) in [6.07, 6.45) is 4.28. The Bertz CT molecular complexity index is 371. The van der Waals surface area contributed by atoms with E-state index in [9.17, 15) is 10.1 Å². The van der Waals surface area contributed by atoms with Crippen LogP contribution < -0.4 is 5.32 Å². The zero-order chi connectivity index (χ0) is 8.55. The molecule has 0 saturated carbocycles. The molecule has 1 aliphatic heterocycles. The first-order chi connectivity index (χ1) is 5.79. The fourth-order valence-corrected chi connectivity index (χ4v) is 1.16. The summed E-state index contributed by atoms with van der Waals surface area (Å²) in [4.78, 5) is 10.1. The maximum Gasteiger partial charge on any atom is 0.344 e. The summed E-state index contributed by atoms with van der Waals surface area (Å²) in [5.74, 6) is 0. The molecule has 0 unspecified atom stereocenters. The van der Waals surface area contributed by atoms with Gasteiger partial charge in [-0.3, -0.25) is 10.1 Å². The molecule has 0 radical (unpaired) electrons. The maximum atomic E-state index is 10.5. The van der Waals surface area contributed by atoms with E-state index in [4.69, 9.17) is 0 Å². The van der Waals surface area contributed by atoms with Crippen molar-refractivity contribution in [2.24, 2.45) is 0 Å². The highest BCUT2D eigenvalue weighted by Crippen LogP contribution is 2.30. The lowest BCUT2D eigenvalue weighted by Crippen LogP contribution is -1.91. The third kappa shape index (κ3) is 0.828. The van der Waals surface area contributed by atoms with Crippen LogP contribution in [0.25, 0.3) is 6.08 Å². The molecule has 0 aromatic heterocycles. The van der Waals surface area contributed by atoms with Crippen molar-refractivity contribution < 1.29 is 4.92 Å². The molecule has 1 N–H and O–H groups in total. The van der Waals surface area contributed by atoms with Gasteiger partial charge < -0.3 is 0 Å². The van der Waals surface area contributed by atoms with E-state index in [2.05, 4.69) is 11.5 Å². The van der Waals surface area contributed by atoms with Crippen molar-refractivity contribution >= 4 is 17.5 Å². The molecule has 0 saturated heterocycles. The number of hydrogen-bond donors (Lipinski definition) is 1. The molecule has 4 heteroatoms. The summed E-state index contributed by atoms with van der Waals surface area (Å²) in [6.45, 7) is 0. The Morgan fingerprint density at radius 3 is 3.08 bits per heavy atom. The Labute approximate surface area is 68.7 Å². The smallest absolute Gasteiger partial charge is 0.257 e. The number of nitrogens with one attached hydrogen (secondary N) is 1. The van der Waals surface area contributed by atoms with Gasteiger partial charge in [0.05, 0.1) is 4.92 Å². The van der Waals surface area contributed by atoms with E-state index >= 15 is 0 Å². The van der Waals surface area contributed by atoms with Gasteiger partial charge in [0.2, 0.25) is 11.3 Å². The van der Waals surface area contributed by atoms with Crippen LogP contribution in [-0.2, 0) is 0 Å². The van der Waals surface area contributed by atoms with Gasteiger partial charge in [0.15, 0.2) is 6.08 Å². The first-order valence-corrected chi connectivity index (χ1v) is 3.41. The number of anilines is 1. The Hall–Kier alpha value is -1.93. The molecule has 4 nitrogen and oxygen atoms in total. The number of hydrogen-bond acceptors (Lipinski definition) is 3. The second-order valence-electron chi connectivity index (χ2n) is 2.41. The predicted molar refractivity (Wildman–Crippen MR) is 44.4 cm³/mol. The highest BCUT2D eigenvalue weighted by Gasteiger charge is 2.27. The van der Waals surface area contributed by atoms with Gasteiger partial charge >= 0.3 is 5.69 Å². The molecule has 12 heavy (non-hydrogen) atoms. The molecule has 1 aliphatic rings. The Morgan fingerprint density at radius 1 is 1.50 bits per heavy atom. The van der Waals surface area contributed by atoms with Gasteiger partial charge in [-0.15, -0.1) is 0 Å². The van der Waals surface area contributed by atoms with Crippen LogP contribution in [0.15, 0.2) is 18.2 Å². The van der Waals surface area contributed by atoms with Crippen molar-refractivity contribution in [2.45, 2.75) is 0 Å². The fraction of sp³-hybridized carbons (Fsp3) is 0. The minimum atomic E-state index is -0.399. The summed E-state index contributed by atoms with van der Waals surface area (Å²) in [5.41, 5.74) is 1.46. The summed E-state index contributed by atoms with van der Waals surface area (Å²) in [6, 6.07) is 4.90. The Kier molecular flexibility index (Phi) is 1.29. The summed E-state index contributed by atoms with van der Waals surface area (Å²) >= 11 is 0. The van der Waals surface area contributed by atoms with Gasteiger partial charge in [0.1, 0.15) is 6.20 Å². The lowest BCUT2D eigenvalue weighted by Gasteiger charge is -1.89. The second kappa shape index (κ2) is 2.29. The quantitative estimate of drug-likeness (QED) is 0.388. The van der Waals surface area contributed by atoms with Crippen molar-refractivity contribution in [3.8, 4) is 0 Å². The van der Waals surface area contributed by atoms with Crippen LogP contribution >= 0.6 is 0 Å². The molecule has 1 aromatic rings. The molecule has 0 atom stereocenters. The standard InChI is InChI=1S/C8H5N2O2/c11-10(12)8-3-1-2-7-6(8)4-5-9-7/h1-4,9H/q+1. The summed E-state index contributed by atoms with van der Waals surface area (Å²) < 4.78 is 0. The van der Waals surface area contributed by atoms with Crippen LogP contribution in [-0.4, -0.2) is 4.92 Å². The van der Waals surface area contributed by atoms with Gasteiger partial charge in [-0.05, 0) is 6.07 Å². The van der Waals surface area contributed by atoms with Crippen molar-refractivity contribution in [1.82, 2.24) is 0 Å². The van der Waals surface area contributed by atoms with Crippen molar-refractivity contribution in [2.75, 3.05) is 5.32 Å². The number of rotatable bonds is 1. The minimum absolute atomic E-state index is 0.116. The predicted octanol–water partition coefficient (Wildman–Crippen LogP) is 1.79. The average molecular weight is 161 g/mol. The van der Waals surface area contributed by atoms with E-state index in [0.717, 1.165) is 5.69 Å². The van der Waals surface area contributed by atoms with Gasteiger partial charge in [0, 0.05) is 12.1 Å². The molecule has 0 spiro atoms. The van der Waals surface area contributed by atoms with Crippen LogP contribution in [0.4, 0.5) is 11.4 Å². The summed E-state index contributed by atoms with van der Waals surface area (Å²) in [5, 5.41) is 13.3. The van der Waals surface area contributed by atoms with E-state index < -0.39 is 4.92 Å². The largest absolute Gasteiger partial charge is 0.344 e. The Morgan fingerprint density at radius 2 is 2.33 bits per heavy atom. The molecule has 58 valence electrons. The molecule has 1 aromatic carbocycles. The molecular weight excluding hydrogens is 156 g/mol. The third-order valence-electron chi connectivity index (χ3n) is 1.70. The van der Waals surface area contributed by atoms with E-state index in [1.165, 1.54) is 6.07 Å². The van der Waals surface area contributed by atoms with Crippen LogP contribution in [0.2, 0.25) is 0 Å². The van der Waals surface area contributed by atoms with Crippen molar-refractivity contribution in [3.63, 3.8) is 0 Å². The van der Waals surface area contributed by atoms with Crippen LogP contribution in [0.5, 0.6) is 0 Å². The van der Waals surface area contributed by atoms with Crippen molar-refractivity contribution in [3.05, 3.63) is 40.1 Å². The molecule has 0 amide bonds. The normalized spacial score (nSPS) is 11.7. The molecule has 2 rings (SSSR count). The summed E-state index contributed by atoms with van der Waals surface area (Å²) in [7, 11) is 0. The van der Waals surface area contributed by atoms with Gasteiger partial charge in [-0.1, -0.05) is 0 Å². The highest BCUT2D eigenvalue weighted by atomic mass is 16.6. The SMILES string of the molecule is O=[N+]([O-])c1cccc2c1C=[C+]N2. The monoisotopic (exact) mass is 161 g/mol. The second-order valence-corrected chi connectivity index (χ2v) is 2.41. The number of nitro groups is 1. The fourth-order valence-electron chi connectivity index (χ4n) is 1.16. The zero-order valence-corrected chi connectivity index (χ0v) is 6.07. The van der Waals surface area contributed by atoms with E-state index in [0.29, 0.717) is 5.56 Å². The van der Waals surface area contributed by atoms with Crippen LogP contribution in [0.1, 0.15) is 5.56 Å². The van der Waals surface area contributed by atoms with E-state index in [1.54, 1.807) is 18.2 Å². The topological polar surface area (TPSA) is 55.2 Å². The molecular formula is C8H5N2O2+. The third-order valence-corrected chi connectivity index (χ3v) is 1.70. The van der Waals surface area contributed by atoms with Crippen LogP contribution in [0.3, 0.4) is 0 Å². The molecule has 0 aliphatic carbocycles. The number of fused-ring (bicyclic) bond motifs is 1. The van der Waals surface area contributed by atoms with Crippen LogP contribution in [0, 0.1) is 16.3 Å². The first-order valence-electron chi connectivity index (χ1n) is 3.41. The average Bonchev–Trinajstić information content (AvgIpc) is 2.49. The van der Waals surface area contributed by atoms with Gasteiger partial charge in [0.25, 0.3) is 0 Å². The minimum Gasteiger partial charge on any atom is -0.257 e. The maximum absolute atomic E-state index is 10.5. The number of nitro benzene ring substituents is 1.